The summed E-state index contributed by atoms with van der Waals surface area (Å²) < 4.78 is 4.54. The summed E-state index contributed by atoms with van der Waals surface area (Å²) in [7, 11) is 0. The summed E-state index contributed by atoms with van der Waals surface area (Å²) in [6.45, 7) is 1.25. The number of aromatic nitrogens is 2. The molecule has 0 spiro atoms. The van der Waals surface area contributed by atoms with Crippen molar-refractivity contribution in [1.29, 1.82) is 0 Å². The molecule has 32 heavy (non-hydrogen) atoms. The Morgan fingerprint density at radius 1 is 0.406 bits per heavy atom. The van der Waals surface area contributed by atoms with Gasteiger partial charge in [0.15, 0.2) is 0 Å². The first-order valence-corrected chi connectivity index (χ1v) is 10.8. The van der Waals surface area contributed by atoms with Crippen LogP contribution in [0.4, 0.5) is 0 Å². The molecular weight excluding hydrogens is 388 g/mol. The summed E-state index contributed by atoms with van der Waals surface area (Å²) in [5.41, 5.74) is 4.84. The van der Waals surface area contributed by atoms with E-state index in [9.17, 15) is 0 Å². The van der Waals surface area contributed by atoms with Gasteiger partial charge in [0.25, 0.3) is 0 Å². The molecule has 2 aromatic heterocycles. The van der Waals surface area contributed by atoms with Crippen molar-refractivity contribution in [1.82, 2.24) is 9.13 Å². The van der Waals surface area contributed by atoms with Crippen molar-refractivity contribution in [3.05, 3.63) is 97.1 Å². The molecule has 0 bridgehead atoms. The number of fused-ring (bicyclic) bond motifs is 6. The van der Waals surface area contributed by atoms with Gasteiger partial charge in [-0.1, -0.05) is 84.6 Å². The molecule has 0 aliphatic rings. The van der Waals surface area contributed by atoms with E-state index in [1.165, 1.54) is 43.6 Å². The Morgan fingerprint density at radius 2 is 0.688 bits per heavy atom. The number of rotatable bonds is 2. The molecule has 4 aromatic carbocycles. The average Bonchev–Trinajstić information content (AvgIpc) is 3.35. The molecule has 2 heterocycles. The molecule has 0 amide bonds. The van der Waals surface area contributed by atoms with E-state index in [0.717, 1.165) is 0 Å². The Morgan fingerprint density at radius 3 is 1.00 bits per heavy atom. The minimum atomic E-state index is 0.623. The zero-order chi connectivity index (χ0) is 21.3. The second-order valence-corrected chi connectivity index (χ2v) is 7.84. The molecule has 2 nitrogen and oxygen atoms in total. The highest BCUT2D eigenvalue weighted by Gasteiger charge is 2.09. The van der Waals surface area contributed by atoms with E-state index in [1.54, 1.807) is 0 Å². The molecule has 2 heteroatoms. The average molecular weight is 409 g/mol. The molecule has 0 saturated heterocycles. The minimum absolute atomic E-state index is 0.623. The Balaban J connectivity index is 1.30. The SMILES string of the molecule is C(C#CCn1c2ccccc2c2ccccc21)#CCn1c2ccccc2c2ccccc21. The van der Waals surface area contributed by atoms with Gasteiger partial charge in [0.05, 0.1) is 13.1 Å². The van der Waals surface area contributed by atoms with E-state index in [4.69, 9.17) is 0 Å². The van der Waals surface area contributed by atoms with E-state index < -0.39 is 0 Å². The molecule has 0 saturated carbocycles. The van der Waals surface area contributed by atoms with Crippen molar-refractivity contribution in [2.45, 2.75) is 13.1 Å². The van der Waals surface area contributed by atoms with Gasteiger partial charge in [0.2, 0.25) is 0 Å². The summed E-state index contributed by atoms with van der Waals surface area (Å²) in [6, 6.07) is 34.0. The first-order chi connectivity index (χ1) is 15.9. The third-order valence-corrected chi connectivity index (χ3v) is 6.07. The molecule has 6 aromatic rings. The second-order valence-electron chi connectivity index (χ2n) is 7.84. The first-order valence-electron chi connectivity index (χ1n) is 10.8. The monoisotopic (exact) mass is 408 g/mol. The molecule has 6 rings (SSSR count). The maximum Gasteiger partial charge on any atom is 0.0853 e. The highest BCUT2D eigenvalue weighted by atomic mass is 15.0. The Hall–Kier alpha value is -4.40. The number of para-hydroxylation sites is 4. The molecule has 0 radical (unpaired) electrons. The summed E-state index contributed by atoms with van der Waals surface area (Å²) in [5, 5.41) is 5.06. The lowest BCUT2D eigenvalue weighted by molar-refractivity contribution is 0.922. The number of hydrogen-bond donors (Lipinski definition) is 0. The van der Waals surface area contributed by atoms with Crippen LogP contribution in [0.15, 0.2) is 97.1 Å². The van der Waals surface area contributed by atoms with Gasteiger partial charge in [0, 0.05) is 43.6 Å². The highest BCUT2D eigenvalue weighted by Crippen LogP contribution is 2.29. The van der Waals surface area contributed by atoms with Gasteiger partial charge in [-0.2, -0.15) is 0 Å². The van der Waals surface area contributed by atoms with Crippen LogP contribution in [-0.4, -0.2) is 9.13 Å². The van der Waals surface area contributed by atoms with Crippen molar-refractivity contribution in [2.24, 2.45) is 0 Å². The fourth-order valence-corrected chi connectivity index (χ4v) is 4.67. The van der Waals surface area contributed by atoms with E-state index in [1.807, 2.05) is 0 Å². The predicted octanol–water partition coefficient (Wildman–Crippen LogP) is 6.61. The molecule has 0 aliphatic carbocycles. The lowest BCUT2D eigenvalue weighted by Crippen LogP contribution is -1.95. The minimum Gasteiger partial charge on any atom is -0.329 e. The van der Waals surface area contributed by atoms with Gasteiger partial charge < -0.3 is 9.13 Å². The maximum absolute atomic E-state index is 3.26. The lowest BCUT2D eigenvalue weighted by Gasteiger charge is -2.01. The molecule has 150 valence electrons. The van der Waals surface area contributed by atoms with E-state index in [-0.39, 0.29) is 0 Å². The van der Waals surface area contributed by atoms with Gasteiger partial charge in [0.1, 0.15) is 0 Å². The van der Waals surface area contributed by atoms with Gasteiger partial charge in [-0.15, -0.1) is 0 Å². The molecule has 0 N–H and O–H groups in total. The van der Waals surface area contributed by atoms with Crippen LogP contribution >= 0.6 is 0 Å². The zero-order valence-electron chi connectivity index (χ0n) is 17.5. The van der Waals surface area contributed by atoms with Crippen LogP contribution in [0.2, 0.25) is 0 Å². The van der Waals surface area contributed by atoms with E-state index >= 15 is 0 Å². The Labute approximate surface area is 186 Å². The van der Waals surface area contributed by atoms with Crippen LogP contribution in [0, 0.1) is 23.7 Å². The number of benzene rings is 4. The van der Waals surface area contributed by atoms with Crippen molar-refractivity contribution in [3.8, 4) is 23.7 Å². The normalized spacial score (nSPS) is 10.9. The van der Waals surface area contributed by atoms with Crippen molar-refractivity contribution < 1.29 is 0 Å². The fourth-order valence-electron chi connectivity index (χ4n) is 4.67. The Kier molecular flexibility index (Phi) is 4.42. The molecule has 0 fully saturated rings. The smallest absolute Gasteiger partial charge is 0.0853 e. The van der Waals surface area contributed by atoms with Crippen LogP contribution in [0.25, 0.3) is 43.6 Å². The van der Waals surface area contributed by atoms with Gasteiger partial charge in [-0.3, -0.25) is 0 Å². The molecule has 0 unspecified atom stereocenters. The topological polar surface area (TPSA) is 9.86 Å². The van der Waals surface area contributed by atoms with Crippen LogP contribution < -0.4 is 0 Å². The molecule has 0 aliphatic heterocycles. The van der Waals surface area contributed by atoms with Gasteiger partial charge in [-0.25, -0.2) is 0 Å². The van der Waals surface area contributed by atoms with Gasteiger partial charge >= 0.3 is 0 Å². The zero-order valence-corrected chi connectivity index (χ0v) is 17.5. The van der Waals surface area contributed by atoms with Crippen LogP contribution in [0.5, 0.6) is 0 Å². The standard InChI is InChI=1S/C30H20N2/c1(11-21-31-27-17-7-3-13-23(27)24-14-4-8-18-28(24)31)2-12-22-32-29-19-9-5-15-25(29)26-16-6-10-20-30(26)32/h3-10,13-20H,21-22H2. The number of nitrogens with zero attached hydrogens (tertiary/aromatic N) is 2. The lowest BCUT2D eigenvalue weighted by atomic mass is 10.2. The largest absolute Gasteiger partial charge is 0.329 e. The summed E-state index contributed by atoms with van der Waals surface area (Å²) in [6.07, 6.45) is 0. The highest BCUT2D eigenvalue weighted by molar-refractivity contribution is 6.08. The van der Waals surface area contributed by atoms with Crippen LogP contribution in [-0.2, 0) is 13.1 Å². The summed E-state index contributed by atoms with van der Waals surface area (Å²) >= 11 is 0. The van der Waals surface area contributed by atoms with Crippen molar-refractivity contribution in [3.63, 3.8) is 0 Å². The number of hydrogen-bond acceptors (Lipinski definition) is 0. The third kappa shape index (κ3) is 2.94. The van der Waals surface area contributed by atoms with E-state index in [0.29, 0.717) is 13.1 Å². The quantitative estimate of drug-likeness (QED) is 0.285. The first kappa shape index (κ1) is 18.4. The maximum atomic E-state index is 3.26. The molecule has 0 atom stereocenters. The molecular formula is C30H20N2. The third-order valence-electron chi connectivity index (χ3n) is 6.07. The second kappa shape index (κ2) is 7.69. The van der Waals surface area contributed by atoms with Crippen LogP contribution in [0.1, 0.15) is 0 Å². The summed E-state index contributed by atoms with van der Waals surface area (Å²) in [4.78, 5) is 0. The summed E-state index contributed by atoms with van der Waals surface area (Å²) in [5.74, 6) is 12.6. The van der Waals surface area contributed by atoms with Crippen molar-refractivity contribution >= 4 is 43.6 Å². The predicted molar refractivity (Wildman–Crippen MR) is 134 cm³/mol. The van der Waals surface area contributed by atoms with Gasteiger partial charge in [-0.05, 0) is 36.1 Å². The Bertz CT molecular complexity index is 1500. The van der Waals surface area contributed by atoms with Crippen molar-refractivity contribution in [2.75, 3.05) is 0 Å². The van der Waals surface area contributed by atoms with Crippen LogP contribution in [0.3, 0.4) is 0 Å². The fraction of sp³-hybridized carbons (Fsp3) is 0.0667. The van der Waals surface area contributed by atoms with E-state index in [2.05, 4.69) is 130 Å².